The molecule has 0 spiro atoms. The van der Waals surface area contributed by atoms with Gasteiger partial charge in [0, 0.05) is 16.3 Å². The Labute approximate surface area is 165 Å². The highest BCUT2D eigenvalue weighted by Gasteiger charge is 2.18. The number of quaternary nitrogens is 1. The van der Waals surface area contributed by atoms with Crippen molar-refractivity contribution in [2.45, 2.75) is 26.7 Å². The first-order valence-electron chi connectivity index (χ1n) is 8.73. The van der Waals surface area contributed by atoms with Gasteiger partial charge in [0.2, 0.25) is 0 Å². The number of halogens is 1. The van der Waals surface area contributed by atoms with Crippen molar-refractivity contribution in [1.29, 1.82) is 0 Å². The molecule has 1 aromatic carbocycles. The summed E-state index contributed by atoms with van der Waals surface area (Å²) in [6.07, 6.45) is 0.933. The van der Waals surface area contributed by atoms with Crippen LogP contribution in [0.5, 0.6) is 0 Å². The third-order valence-corrected chi connectivity index (χ3v) is 4.82. The molecular weight excluding hydrogens is 416 g/mol. The van der Waals surface area contributed by atoms with Gasteiger partial charge in [-0.1, -0.05) is 35.0 Å². The minimum absolute atomic E-state index is 0.0326. The Kier molecular flexibility index (Phi) is 7.49. The van der Waals surface area contributed by atoms with Crippen molar-refractivity contribution in [2.75, 3.05) is 13.1 Å². The van der Waals surface area contributed by atoms with Crippen molar-refractivity contribution in [2.24, 2.45) is 11.8 Å². The highest BCUT2D eigenvalue weighted by atomic mass is 79.9. The number of benzene rings is 1. The molecule has 1 saturated heterocycles. The molecular formula is C18H23BrN4O4. The Morgan fingerprint density at radius 1 is 1.26 bits per heavy atom. The highest BCUT2D eigenvalue weighted by Crippen LogP contribution is 2.17. The average Bonchev–Trinajstić information content (AvgIpc) is 2.99. The monoisotopic (exact) mass is 438 g/mol. The number of rotatable bonds is 4. The van der Waals surface area contributed by atoms with Crippen molar-refractivity contribution >= 4 is 27.9 Å². The fourth-order valence-electron chi connectivity index (χ4n) is 3.10. The molecule has 27 heavy (non-hydrogen) atoms. The number of aromatic nitrogens is 3. The van der Waals surface area contributed by atoms with Crippen LogP contribution in [0.3, 0.4) is 0 Å². The molecule has 146 valence electrons. The number of aliphatic carboxylic acids is 1. The fourth-order valence-corrected chi connectivity index (χ4v) is 3.36. The van der Waals surface area contributed by atoms with Gasteiger partial charge in [0.1, 0.15) is 5.69 Å². The molecule has 0 bridgehead atoms. The van der Waals surface area contributed by atoms with E-state index in [1.165, 1.54) is 24.2 Å². The summed E-state index contributed by atoms with van der Waals surface area (Å²) < 4.78 is 2.00. The van der Waals surface area contributed by atoms with Gasteiger partial charge in [-0.25, -0.2) is 4.68 Å². The van der Waals surface area contributed by atoms with Gasteiger partial charge in [0.25, 0.3) is 0 Å². The van der Waals surface area contributed by atoms with Crippen LogP contribution in [-0.2, 0) is 11.2 Å². The number of hydrogen-bond donors (Lipinski definition) is 2. The summed E-state index contributed by atoms with van der Waals surface area (Å²) >= 11 is 3.26. The second kappa shape index (κ2) is 9.61. The van der Waals surface area contributed by atoms with Crippen LogP contribution in [0.4, 0.5) is 0 Å². The minimum Gasteiger partial charge on any atom is -0.543 e. The number of hydrogen-bond acceptors (Lipinski definition) is 5. The largest absolute Gasteiger partial charge is 0.543 e. The minimum atomic E-state index is -1.56. The first-order chi connectivity index (χ1) is 12.8. The molecule has 0 aliphatic carbocycles. The first-order valence-corrected chi connectivity index (χ1v) is 9.52. The molecule has 0 amide bonds. The van der Waals surface area contributed by atoms with E-state index in [9.17, 15) is 14.7 Å². The van der Waals surface area contributed by atoms with E-state index >= 15 is 0 Å². The van der Waals surface area contributed by atoms with Gasteiger partial charge in [0.05, 0.1) is 36.9 Å². The average molecular weight is 439 g/mol. The summed E-state index contributed by atoms with van der Waals surface area (Å²) in [5.41, 5.74) is 0.0135. The number of carboxylic acids is 2. The number of nitrogens with zero attached hydrogens (tertiary/aromatic N) is 3. The number of carbonyl (C=O) groups is 2. The number of aromatic carboxylic acids is 1. The Morgan fingerprint density at radius 3 is 2.30 bits per heavy atom. The van der Waals surface area contributed by atoms with E-state index in [1.54, 1.807) is 24.3 Å². The van der Waals surface area contributed by atoms with Gasteiger partial charge in [0.15, 0.2) is 0 Å². The van der Waals surface area contributed by atoms with E-state index in [-0.39, 0.29) is 5.69 Å². The van der Waals surface area contributed by atoms with Crippen molar-refractivity contribution in [3.05, 3.63) is 40.1 Å². The van der Waals surface area contributed by atoms with Crippen molar-refractivity contribution < 1.29 is 25.1 Å². The molecule has 1 aliphatic rings. The van der Waals surface area contributed by atoms with Crippen LogP contribution in [0.1, 0.15) is 36.5 Å². The molecule has 8 nitrogen and oxygen atoms in total. The number of carbonyl (C=O) groups excluding carboxylic acids is 1. The maximum absolute atomic E-state index is 10.9. The smallest absolute Gasteiger partial charge is 0.309 e. The molecule has 1 aromatic heterocycles. The molecule has 9 heteroatoms. The summed E-state index contributed by atoms with van der Waals surface area (Å²) in [6.45, 7) is 7.38. The zero-order valence-electron chi connectivity index (χ0n) is 15.3. The zero-order valence-corrected chi connectivity index (χ0v) is 16.8. The molecule has 1 fully saturated rings. The predicted molar refractivity (Wildman–Crippen MR) is 99.3 cm³/mol. The molecule has 2 atom stereocenters. The van der Waals surface area contributed by atoms with Crippen molar-refractivity contribution in [3.8, 4) is 5.69 Å². The second-order valence-electron chi connectivity index (χ2n) is 6.84. The van der Waals surface area contributed by atoms with Crippen LogP contribution >= 0.6 is 15.9 Å². The van der Waals surface area contributed by atoms with Crippen LogP contribution < -0.4 is 10.4 Å². The quantitative estimate of drug-likeness (QED) is 0.704. The molecule has 1 aliphatic heterocycles. The molecule has 2 unspecified atom stereocenters. The zero-order chi connectivity index (χ0) is 20.0. The lowest BCUT2D eigenvalue weighted by atomic mass is 9.94. The van der Waals surface area contributed by atoms with Crippen LogP contribution in [0.25, 0.3) is 5.69 Å². The lowest BCUT2D eigenvalue weighted by Gasteiger charge is -2.21. The van der Waals surface area contributed by atoms with Crippen LogP contribution in [-0.4, -0.2) is 45.1 Å². The summed E-state index contributed by atoms with van der Waals surface area (Å²) in [5.74, 6) is -0.819. The Balaban J connectivity index is 0.000000273. The lowest BCUT2D eigenvalue weighted by Crippen LogP contribution is -2.88. The Bertz CT molecular complexity index is 783. The van der Waals surface area contributed by atoms with E-state index in [2.05, 4.69) is 45.4 Å². The number of carboxylic acid groups (broad SMARTS) is 2. The van der Waals surface area contributed by atoms with Gasteiger partial charge in [-0.2, -0.15) is 0 Å². The van der Waals surface area contributed by atoms with Gasteiger partial charge < -0.3 is 20.3 Å². The lowest BCUT2D eigenvalue weighted by molar-refractivity contribution is -0.674. The van der Waals surface area contributed by atoms with E-state index in [1.807, 2.05) is 0 Å². The normalized spacial score (nSPS) is 19.1. The maximum atomic E-state index is 10.9. The topological polar surface area (TPSA) is 125 Å². The van der Waals surface area contributed by atoms with E-state index in [0.29, 0.717) is 5.69 Å². The van der Waals surface area contributed by atoms with Crippen LogP contribution in [0.2, 0.25) is 0 Å². The third-order valence-electron chi connectivity index (χ3n) is 4.29. The van der Waals surface area contributed by atoms with E-state index < -0.39 is 24.1 Å². The van der Waals surface area contributed by atoms with Crippen LogP contribution in [0.15, 0.2) is 28.7 Å². The third kappa shape index (κ3) is 6.14. The fraction of sp³-hybridized carbons (Fsp3) is 0.444. The molecule has 0 radical (unpaired) electrons. The standard InChI is InChI=1S/C11H8BrN3O4.C7H15N/c12-6-1-3-7(4-2-6)15-8(5-9(16)17)10(11(18)19)13-14-15;1-6-3-7(2)5-8-4-6/h1-4H,5H2,(H,16,17)(H,18,19);6-8H,3-5H2,1-2H3. The summed E-state index contributed by atoms with van der Waals surface area (Å²) in [6, 6.07) is 6.76. The summed E-state index contributed by atoms with van der Waals surface area (Å²) in [4.78, 5) is 21.7. The highest BCUT2D eigenvalue weighted by molar-refractivity contribution is 9.10. The van der Waals surface area contributed by atoms with Gasteiger partial charge in [-0.15, -0.1) is 5.10 Å². The van der Waals surface area contributed by atoms with Crippen LogP contribution in [0, 0.1) is 11.8 Å². The predicted octanol–water partition coefficient (Wildman–Crippen LogP) is 0.246. The number of piperidine rings is 1. The summed E-state index contributed by atoms with van der Waals surface area (Å²) in [5, 5.41) is 29.2. The SMILES string of the molecule is CC1C[NH2+]CC(C)C1.O=C(O)Cc1c(C(=O)[O-])nnn1-c1ccc(Br)cc1. The second-order valence-corrected chi connectivity index (χ2v) is 7.75. The van der Waals surface area contributed by atoms with Crippen molar-refractivity contribution in [1.82, 2.24) is 15.0 Å². The Hall–Kier alpha value is -2.26. The summed E-state index contributed by atoms with van der Waals surface area (Å²) in [7, 11) is 0. The molecule has 0 saturated carbocycles. The Morgan fingerprint density at radius 2 is 1.85 bits per heavy atom. The van der Waals surface area contributed by atoms with E-state index in [4.69, 9.17) is 5.11 Å². The van der Waals surface area contributed by atoms with Gasteiger partial charge in [-0.05, 0) is 30.7 Å². The molecule has 2 heterocycles. The van der Waals surface area contributed by atoms with Gasteiger partial charge >= 0.3 is 5.97 Å². The van der Waals surface area contributed by atoms with Crippen molar-refractivity contribution in [3.63, 3.8) is 0 Å². The molecule has 3 N–H and O–H groups in total. The first kappa shape index (κ1) is 21.0. The molecule has 2 aromatic rings. The number of nitrogens with two attached hydrogens (primary N) is 1. The van der Waals surface area contributed by atoms with Gasteiger partial charge in [-0.3, -0.25) is 4.79 Å². The molecule has 3 rings (SSSR count). The van der Waals surface area contributed by atoms with E-state index in [0.717, 1.165) is 16.3 Å². The maximum Gasteiger partial charge on any atom is 0.309 e.